The van der Waals surface area contributed by atoms with E-state index in [4.69, 9.17) is 10.5 Å². The van der Waals surface area contributed by atoms with Gasteiger partial charge in [0.2, 0.25) is 0 Å². The highest BCUT2D eigenvalue weighted by atomic mass is 35.5. The fourth-order valence-electron chi connectivity index (χ4n) is 4.12. The number of hydrogen-bond acceptors (Lipinski definition) is 4. The van der Waals surface area contributed by atoms with E-state index in [2.05, 4.69) is 29.6 Å². The first-order valence-electron chi connectivity index (χ1n) is 10.00. The van der Waals surface area contributed by atoms with Crippen molar-refractivity contribution in [3.63, 3.8) is 0 Å². The Bertz CT molecular complexity index is 709. The number of methoxy groups -OCH3 is 1. The summed E-state index contributed by atoms with van der Waals surface area (Å²) in [6.45, 7) is 0.491. The fraction of sp³-hybridized carbons (Fsp3) is 0.478. The molecule has 4 nitrogen and oxygen atoms in total. The molecule has 1 aliphatic rings. The topological polar surface area (TPSA) is 67.5 Å². The Morgan fingerprint density at radius 3 is 2.38 bits per heavy atom. The number of nitrogens with two attached hydrogens (primary N) is 1. The summed E-state index contributed by atoms with van der Waals surface area (Å²) in [6.07, 6.45) is 5.88. The number of aliphatic hydroxyl groups excluding tert-OH is 1. The summed E-state index contributed by atoms with van der Waals surface area (Å²) in [5, 5.41) is 14.3. The summed E-state index contributed by atoms with van der Waals surface area (Å²) in [7, 11) is 1.70. The molecule has 2 atom stereocenters. The van der Waals surface area contributed by atoms with Crippen molar-refractivity contribution in [1.29, 1.82) is 0 Å². The highest BCUT2D eigenvalue weighted by molar-refractivity contribution is 5.85. The van der Waals surface area contributed by atoms with E-state index in [1.165, 1.54) is 24.8 Å². The Kier molecular flexibility index (Phi) is 11.0. The molecule has 29 heavy (non-hydrogen) atoms. The summed E-state index contributed by atoms with van der Waals surface area (Å²) in [5.74, 6) is 0.876. The second kappa shape index (κ2) is 12.4. The number of ether oxygens (including phenoxy) is 1. The van der Waals surface area contributed by atoms with Crippen molar-refractivity contribution in [3.8, 4) is 5.75 Å². The van der Waals surface area contributed by atoms with Crippen LogP contribution in [0.5, 0.6) is 5.75 Å². The molecule has 2 aromatic rings. The molecule has 0 amide bonds. The molecule has 0 unspecified atom stereocenters. The van der Waals surface area contributed by atoms with E-state index < -0.39 is 6.10 Å². The van der Waals surface area contributed by atoms with Crippen molar-refractivity contribution in [2.75, 3.05) is 13.7 Å². The van der Waals surface area contributed by atoms with Crippen LogP contribution in [0.3, 0.4) is 0 Å². The molecule has 4 N–H and O–H groups in total. The molecule has 1 aliphatic carbocycles. The summed E-state index contributed by atoms with van der Waals surface area (Å²) >= 11 is 0. The van der Waals surface area contributed by atoms with Crippen LogP contribution in [0.4, 0.5) is 0 Å². The van der Waals surface area contributed by atoms with E-state index in [9.17, 15) is 5.11 Å². The molecule has 0 bridgehead atoms. The van der Waals surface area contributed by atoms with Crippen LogP contribution in [0, 0.1) is 0 Å². The average molecular weight is 441 g/mol. The molecule has 0 aliphatic heterocycles. The van der Waals surface area contributed by atoms with Gasteiger partial charge < -0.3 is 20.9 Å². The number of halogens is 2. The largest absolute Gasteiger partial charge is 0.497 e. The Balaban J connectivity index is 0.00000210. The minimum absolute atomic E-state index is 0. The Morgan fingerprint density at radius 2 is 1.72 bits per heavy atom. The van der Waals surface area contributed by atoms with Crippen molar-refractivity contribution in [2.24, 2.45) is 5.73 Å². The zero-order valence-corrected chi connectivity index (χ0v) is 18.7. The highest BCUT2D eigenvalue weighted by Gasteiger charge is 2.34. The second-order valence-corrected chi connectivity index (χ2v) is 7.68. The molecule has 2 aromatic carbocycles. The maximum absolute atomic E-state index is 10.7. The molecule has 0 saturated heterocycles. The van der Waals surface area contributed by atoms with E-state index in [1.54, 1.807) is 7.11 Å². The fourth-order valence-corrected chi connectivity index (χ4v) is 4.12. The molecule has 6 heteroatoms. The molecule has 1 fully saturated rings. The second-order valence-electron chi connectivity index (χ2n) is 7.68. The number of hydrogen-bond donors (Lipinski definition) is 3. The summed E-state index contributed by atoms with van der Waals surface area (Å²) in [5.41, 5.74) is 8.57. The normalized spacial score (nSPS) is 17.3. The van der Waals surface area contributed by atoms with Gasteiger partial charge in [0.1, 0.15) is 5.75 Å². The minimum atomic E-state index is -0.588. The lowest BCUT2D eigenvalue weighted by molar-refractivity contribution is 0.116. The van der Waals surface area contributed by atoms with Crippen LogP contribution in [-0.2, 0) is 12.0 Å². The first-order chi connectivity index (χ1) is 13.1. The van der Waals surface area contributed by atoms with E-state index in [1.807, 2.05) is 30.3 Å². The van der Waals surface area contributed by atoms with Gasteiger partial charge in [-0.15, -0.1) is 24.8 Å². The SMILES string of the molecule is COc1cccc(C2(NC[C@@H](O)[C@@H](N)Cc3ccccc3)CCCCC2)c1.Cl.Cl. The summed E-state index contributed by atoms with van der Waals surface area (Å²) in [6, 6.07) is 18.1. The Hall–Kier alpha value is -1.30. The van der Waals surface area contributed by atoms with Gasteiger partial charge in [-0.3, -0.25) is 0 Å². The lowest BCUT2D eigenvalue weighted by atomic mass is 9.76. The predicted molar refractivity (Wildman–Crippen MR) is 124 cm³/mol. The molecule has 1 saturated carbocycles. The summed E-state index contributed by atoms with van der Waals surface area (Å²) < 4.78 is 5.42. The quantitative estimate of drug-likeness (QED) is 0.574. The van der Waals surface area contributed by atoms with Gasteiger partial charge in [-0.2, -0.15) is 0 Å². The molecule has 0 radical (unpaired) electrons. The number of aliphatic hydroxyl groups is 1. The zero-order chi connectivity index (χ0) is 19.1. The van der Waals surface area contributed by atoms with Gasteiger partial charge >= 0.3 is 0 Å². The maximum atomic E-state index is 10.7. The van der Waals surface area contributed by atoms with Crippen molar-refractivity contribution >= 4 is 24.8 Å². The number of benzene rings is 2. The Labute approximate surface area is 187 Å². The maximum Gasteiger partial charge on any atom is 0.119 e. The number of rotatable bonds is 8. The highest BCUT2D eigenvalue weighted by Crippen LogP contribution is 2.38. The van der Waals surface area contributed by atoms with Gasteiger partial charge in [0, 0.05) is 18.1 Å². The van der Waals surface area contributed by atoms with Crippen molar-refractivity contribution in [3.05, 3.63) is 65.7 Å². The standard InChI is InChI=1S/C23H32N2O2.2ClH/c1-27-20-12-8-11-19(16-20)23(13-6-3-7-14-23)25-17-22(26)21(24)15-18-9-4-2-5-10-18;;/h2,4-5,8-12,16,21-22,25-26H,3,6-7,13-15,17,24H2,1H3;2*1H/t21-,22+;;/m0../s1. The molecule has 0 aromatic heterocycles. The molecule has 0 spiro atoms. The third-order valence-electron chi connectivity index (χ3n) is 5.79. The van der Waals surface area contributed by atoms with Gasteiger partial charge in [0.15, 0.2) is 0 Å². The van der Waals surface area contributed by atoms with Crippen LogP contribution < -0.4 is 15.8 Å². The summed E-state index contributed by atoms with van der Waals surface area (Å²) in [4.78, 5) is 0. The van der Waals surface area contributed by atoms with Crippen LogP contribution in [0.15, 0.2) is 54.6 Å². The van der Waals surface area contributed by atoms with Gasteiger partial charge in [0.25, 0.3) is 0 Å². The zero-order valence-electron chi connectivity index (χ0n) is 17.0. The van der Waals surface area contributed by atoms with E-state index in [0.717, 1.165) is 24.2 Å². The first-order valence-corrected chi connectivity index (χ1v) is 10.00. The molecular weight excluding hydrogens is 407 g/mol. The minimum Gasteiger partial charge on any atom is -0.497 e. The molecule has 0 heterocycles. The predicted octanol–water partition coefficient (Wildman–Crippen LogP) is 4.22. The van der Waals surface area contributed by atoms with Gasteiger partial charge in [0.05, 0.1) is 13.2 Å². The van der Waals surface area contributed by atoms with Crippen molar-refractivity contribution in [1.82, 2.24) is 5.32 Å². The molecule has 162 valence electrons. The Morgan fingerprint density at radius 1 is 1.03 bits per heavy atom. The van der Waals surface area contributed by atoms with Crippen LogP contribution in [-0.4, -0.2) is 30.9 Å². The lowest BCUT2D eigenvalue weighted by Gasteiger charge is -2.40. The van der Waals surface area contributed by atoms with E-state index in [-0.39, 0.29) is 36.4 Å². The van der Waals surface area contributed by atoms with Crippen LogP contribution in [0.25, 0.3) is 0 Å². The molecular formula is C23H34Cl2N2O2. The molecule has 3 rings (SSSR count). The van der Waals surface area contributed by atoms with Crippen LogP contribution in [0.1, 0.15) is 43.2 Å². The van der Waals surface area contributed by atoms with Crippen molar-refractivity contribution in [2.45, 2.75) is 56.2 Å². The van der Waals surface area contributed by atoms with E-state index in [0.29, 0.717) is 13.0 Å². The smallest absolute Gasteiger partial charge is 0.119 e. The third kappa shape index (κ3) is 6.87. The monoisotopic (exact) mass is 440 g/mol. The van der Waals surface area contributed by atoms with Gasteiger partial charge in [-0.25, -0.2) is 0 Å². The first kappa shape index (κ1) is 25.7. The third-order valence-corrected chi connectivity index (χ3v) is 5.79. The van der Waals surface area contributed by atoms with Gasteiger partial charge in [-0.05, 0) is 42.5 Å². The van der Waals surface area contributed by atoms with Crippen LogP contribution >= 0.6 is 24.8 Å². The lowest BCUT2D eigenvalue weighted by Crippen LogP contribution is -2.51. The number of nitrogens with one attached hydrogen (secondary N) is 1. The van der Waals surface area contributed by atoms with Gasteiger partial charge in [-0.1, -0.05) is 61.7 Å². The van der Waals surface area contributed by atoms with Crippen LogP contribution in [0.2, 0.25) is 0 Å². The average Bonchev–Trinajstić information content (AvgIpc) is 2.73. The van der Waals surface area contributed by atoms with E-state index >= 15 is 0 Å². The van der Waals surface area contributed by atoms with Crippen molar-refractivity contribution < 1.29 is 9.84 Å².